The van der Waals surface area contributed by atoms with Gasteiger partial charge in [0.1, 0.15) is 5.75 Å². The van der Waals surface area contributed by atoms with Gasteiger partial charge in [-0.05, 0) is 38.1 Å². The third-order valence-electron chi connectivity index (χ3n) is 1.85. The third kappa shape index (κ3) is 3.83. The van der Waals surface area contributed by atoms with Crippen molar-refractivity contribution in [1.82, 2.24) is 0 Å². The van der Waals surface area contributed by atoms with Crippen molar-refractivity contribution in [3.8, 4) is 5.75 Å². The molecule has 0 radical (unpaired) electrons. The number of carbonyl (C=O) groups excluding carboxylic acids is 1. The average molecular weight is 225 g/mol. The molecule has 1 rings (SSSR count). The van der Waals surface area contributed by atoms with E-state index in [9.17, 15) is 4.79 Å². The van der Waals surface area contributed by atoms with Crippen LogP contribution in [0.15, 0.2) is 29.2 Å². The van der Waals surface area contributed by atoms with Crippen LogP contribution in [0.4, 0.5) is 0 Å². The predicted molar refractivity (Wildman–Crippen MR) is 62.1 cm³/mol. The first-order valence-electron chi connectivity index (χ1n) is 4.82. The van der Waals surface area contributed by atoms with Gasteiger partial charge in [-0.3, -0.25) is 4.79 Å². The molecule has 0 saturated carbocycles. The number of ether oxygens (including phenoxy) is 1. The van der Waals surface area contributed by atoms with Crippen LogP contribution in [0.1, 0.15) is 13.8 Å². The van der Waals surface area contributed by atoms with Crippen molar-refractivity contribution in [3.05, 3.63) is 24.3 Å². The number of hydrogen-bond donors (Lipinski definition) is 1. The van der Waals surface area contributed by atoms with Gasteiger partial charge < -0.3 is 10.5 Å². The molecule has 0 fully saturated rings. The molecule has 0 aliphatic carbocycles. The Kier molecular flexibility index (Phi) is 4.49. The Balaban J connectivity index is 2.60. The van der Waals surface area contributed by atoms with E-state index >= 15 is 0 Å². The van der Waals surface area contributed by atoms with Gasteiger partial charge in [0.2, 0.25) is 5.91 Å². The number of rotatable bonds is 5. The van der Waals surface area contributed by atoms with Crippen LogP contribution < -0.4 is 10.5 Å². The summed E-state index contributed by atoms with van der Waals surface area (Å²) >= 11 is 1.45. The third-order valence-corrected chi connectivity index (χ3v) is 2.98. The molecule has 1 atom stereocenters. The van der Waals surface area contributed by atoms with Gasteiger partial charge in [0.25, 0.3) is 0 Å². The van der Waals surface area contributed by atoms with Crippen molar-refractivity contribution in [2.75, 3.05) is 6.61 Å². The van der Waals surface area contributed by atoms with Crippen LogP contribution in [0, 0.1) is 0 Å². The van der Waals surface area contributed by atoms with Crippen molar-refractivity contribution in [3.63, 3.8) is 0 Å². The van der Waals surface area contributed by atoms with Gasteiger partial charge in [-0.2, -0.15) is 0 Å². The summed E-state index contributed by atoms with van der Waals surface area (Å²) in [6.45, 7) is 4.39. The lowest BCUT2D eigenvalue weighted by Crippen LogP contribution is -2.22. The molecule has 3 nitrogen and oxygen atoms in total. The molecular formula is C11H15NO2S. The molecule has 0 aromatic heterocycles. The maximum Gasteiger partial charge on any atom is 0.230 e. The first-order valence-corrected chi connectivity index (χ1v) is 5.70. The van der Waals surface area contributed by atoms with Crippen molar-refractivity contribution in [2.45, 2.75) is 24.0 Å². The lowest BCUT2D eigenvalue weighted by atomic mass is 10.3. The quantitative estimate of drug-likeness (QED) is 0.780. The highest BCUT2D eigenvalue weighted by atomic mass is 32.2. The van der Waals surface area contributed by atoms with Crippen LogP contribution >= 0.6 is 11.8 Å². The second-order valence-corrected chi connectivity index (χ2v) is 4.48. The Hall–Kier alpha value is -1.16. The highest BCUT2D eigenvalue weighted by Gasteiger charge is 2.09. The summed E-state index contributed by atoms with van der Waals surface area (Å²) in [5, 5.41) is -0.206. The van der Waals surface area contributed by atoms with Crippen LogP contribution in [0.25, 0.3) is 0 Å². The van der Waals surface area contributed by atoms with E-state index in [0.717, 1.165) is 10.6 Å². The highest BCUT2D eigenvalue weighted by Crippen LogP contribution is 2.25. The van der Waals surface area contributed by atoms with Crippen molar-refractivity contribution < 1.29 is 9.53 Å². The number of hydrogen-bond acceptors (Lipinski definition) is 3. The number of nitrogens with two attached hydrogens (primary N) is 1. The van der Waals surface area contributed by atoms with Gasteiger partial charge in [0.15, 0.2) is 0 Å². The van der Waals surface area contributed by atoms with E-state index in [1.165, 1.54) is 11.8 Å². The number of benzene rings is 1. The molecule has 0 heterocycles. The molecule has 15 heavy (non-hydrogen) atoms. The van der Waals surface area contributed by atoms with E-state index in [1.807, 2.05) is 31.2 Å². The minimum absolute atomic E-state index is 0.206. The molecular weight excluding hydrogens is 210 g/mol. The fourth-order valence-electron chi connectivity index (χ4n) is 1.04. The van der Waals surface area contributed by atoms with Crippen molar-refractivity contribution in [2.24, 2.45) is 5.73 Å². The Morgan fingerprint density at radius 2 is 2.07 bits per heavy atom. The fraction of sp³-hybridized carbons (Fsp3) is 0.364. The van der Waals surface area contributed by atoms with Gasteiger partial charge in [0, 0.05) is 4.90 Å². The largest absolute Gasteiger partial charge is 0.494 e. The summed E-state index contributed by atoms with van der Waals surface area (Å²) < 4.78 is 5.31. The molecule has 2 N–H and O–H groups in total. The van der Waals surface area contributed by atoms with Crippen LogP contribution in [-0.4, -0.2) is 17.8 Å². The monoisotopic (exact) mass is 225 g/mol. The lowest BCUT2D eigenvalue weighted by molar-refractivity contribution is -0.117. The van der Waals surface area contributed by atoms with Crippen LogP contribution in [0.3, 0.4) is 0 Å². The first-order chi connectivity index (χ1) is 7.13. The zero-order valence-electron chi connectivity index (χ0n) is 8.90. The molecule has 0 aliphatic rings. The van der Waals surface area contributed by atoms with Crippen LogP contribution in [0.5, 0.6) is 5.75 Å². The SMILES string of the molecule is CCOc1ccc(SC(C)C(N)=O)cc1. The van der Waals surface area contributed by atoms with E-state index in [1.54, 1.807) is 6.92 Å². The molecule has 1 aromatic rings. The molecule has 4 heteroatoms. The summed E-state index contributed by atoms with van der Waals surface area (Å²) in [4.78, 5) is 11.9. The van der Waals surface area contributed by atoms with Crippen LogP contribution in [-0.2, 0) is 4.79 Å². The lowest BCUT2D eigenvalue weighted by Gasteiger charge is -2.07. The predicted octanol–water partition coefficient (Wildman–Crippen LogP) is 2.05. The minimum Gasteiger partial charge on any atom is -0.494 e. The van der Waals surface area contributed by atoms with Gasteiger partial charge in [0.05, 0.1) is 11.9 Å². The summed E-state index contributed by atoms with van der Waals surface area (Å²) in [6.07, 6.45) is 0. The van der Waals surface area contributed by atoms with Crippen molar-refractivity contribution >= 4 is 17.7 Å². The minimum atomic E-state index is -0.297. The zero-order valence-corrected chi connectivity index (χ0v) is 9.71. The Bertz CT molecular complexity index is 324. The van der Waals surface area contributed by atoms with Gasteiger partial charge >= 0.3 is 0 Å². The highest BCUT2D eigenvalue weighted by molar-refractivity contribution is 8.00. The molecule has 1 amide bonds. The smallest absolute Gasteiger partial charge is 0.230 e. The van der Waals surface area contributed by atoms with E-state index in [-0.39, 0.29) is 11.2 Å². The second kappa shape index (κ2) is 5.66. The maximum absolute atomic E-state index is 10.8. The number of primary amides is 1. The first kappa shape index (κ1) is 11.9. The Labute approximate surface area is 94.0 Å². The number of thioether (sulfide) groups is 1. The molecule has 0 spiro atoms. The molecule has 1 aromatic carbocycles. The Morgan fingerprint density at radius 1 is 1.47 bits per heavy atom. The van der Waals surface area contributed by atoms with E-state index in [2.05, 4.69) is 0 Å². The summed E-state index contributed by atoms with van der Waals surface area (Å²) in [6, 6.07) is 7.63. The molecule has 0 saturated heterocycles. The molecule has 0 aliphatic heterocycles. The average Bonchev–Trinajstić information content (AvgIpc) is 2.21. The summed E-state index contributed by atoms with van der Waals surface area (Å²) in [5.74, 6) is 0.544. The number of carbonyl (C=O) groups is 1. The summed E-state index contributed by atoms with van der Waals surface area (Å²) in [5.41, 5.74) is 5.18. The maximum atomic E-state index is 10.8. The van der Waals surface area contributed by atoms with Crippen LogP contribution in [0.2, 0.25) is 0 Å². The van der Waals surface area contributed by atoms with Crippen molar-refractivity contribution in [1.29, 1.82) is 0 Å². The number of amides is 1. The van der Waals surface area contributed by atoms with E-state index in [0.29, 0.717) is 6.61 Å². The standard InChI is InChI=1S/C11H15NO2S/c1-3-14-9-4-6-10(7-5-9)15-8(2)11(12)13/h4-8H,3H2,1-2H3,(H2,12,13). The molecule has 82 valence electrons. The Morgan fingerprint density at radius 3 is 2.53 bits per heavy atom. The second-order valence-electron chi connectivity index (χ2n) is 3.07. The normalized spacial score (nSPS) is 12.1. The van der Waals surface area contributed by atoms with E-state index in [4.69, 9.17) is 10.5 Å². The van der Waals surface area contributed by atoms with Gasteiger partial charge in [-0.1, -0.05) is 0 Å². The fourth-order valence-corrected chi connectivity index (χ4v) is 1.86. The van der Waals surface area contributed by atoms with Gasteiger partial charge in [-0.25, -0.2) is 0 Å². The zero-order chi connectivity index (χ0) is 11.3. The topological polar surface area (TPSA) is 52.3 Å². The van der Waals surface area contributed by atoms with Gasteiger partial charge in [-0.15, -0.1) is 11.8 Å². The van der Waals surface area contributed by atoms with E-state index < -0.39 is 0 Å². The molecule has 0 bridgehead atoms. The molecule has 1 unspecified atom stereocenters. The summed E-state index contributed by atoms with van der Waals surface area (Å²) in [7, 11) is 0.